The van der Waals surface area contributed by atoms with Crippen molar-refractivity contribution >= 4 is 50.0 Å². The number of benzene rings is 1. The van der Waals surface area contributed by atoms with E-state index in [2.05, 4.69) is 20.5 Å². The van der Waals surface area contributed by atoms with Crippen LogP contribution in [-0.4, -0.2) is 26.8 Å². The fraction of sp³-hybridized carbons (Fsp3) is 0.167. The molecule has 2 aromatic heterocycles. The summed E-state index contributed by atoms with van der Waals surface area (Å²) >= 11 is 2.56. The number of fused-ring (bicyclic) bond motifs is 1. The van der Waals surface area contributed by atoms with E-state index in [0.717, 1.165) is 10.2 Å². The average Bonchev–Trinajstić information content (AvgIpc) is 3.01. The van der Waals surface area contributed by atoms with E-state index in [9.17, 15) is 4.79 Å². The highest BCUT2D eigenvalue weighted by Crippen LogP contribution is 2.27. The number of hydrogen-bond acceptors (Lipinski definition) is 8. The zero-order chi connectivity index (χ0) is 14.8. The fourth-order valence-electron chi connectivity index (χ4n) is 1.61. The standard InChI is InChI=1S/C12H11N5O2S2/c1-6-16-17-12(19-6)20-5-10(18)15-11-14-8-3-2-7(13)4-9(8)21-11/h2-4H,5,13H2,1H3,(H,14,15,18). The molecule has 0 saturated carbocycles. The number of carbonyl (C=O) groups is 1. The molecule has 0 unspecified atom stereocenters. The Morgan fingerprint density at radius 2 is 2.33 bits per heavy atom. The van der Waals surface area contributed by atoms with E-state index in [0.29, 0.717) is 21.9 Å². The summed E-state index contributed by atoms with van der Waals surface area (Å²) in [5.74, 6) is 0.476. The lowest BCUT2D eigenvalue weighted by Crippen LogP contribution is -2.13. The van der Waals surface area contributed by atoms with Crippen LogP contribution in [0.25, 0.3) is 10.2 Å². The van der Waals surface area contributed by atoms with Gasteiger partial charge in [0.15, 0.2) is 5.13 Å². The summed E-state index contributed by atoms with van der Waals surface area (Å²) < 4.78 is 6.11. The van der Waals surface area contributed by atoms with E-state index in [-0.39, 0.29) is 11.7 Å². The molecule has 108 valence electrons. The van der Waals surface area contributed by atoms with Crippen molar-refractivity contribution in [2.24, 2.45) is 0 Å². The van der Waals surface area contributed by atoms with Crippen LogP contribution in [0.4, 0.5) is 10.8 Å². The number of rotatable bonds is 4. The third-order valence-corrected chi connectivity index (χ3v) is 4.25. The Hall–Kier alpha value is -2.13. The number of thiazole rings is 1. The normalized spacial score (nSPS) is 10.9. The number of aromatic nitrogens is 3. The molecule has 0 atom stereocenters. The number of hydrogen-bond donors (Lipinski definition) is 2. The maximum atomic E-state index is 11.9. The predicted octanol–water partition coefficient (Wildman–Crippen LogP) is 2.30. The van der Waals surface area contributed by atoms with Gasteiger partial charge in [-0.05, 0) is 18.2 Å². The Labute approximate surface area is 128 Å². The molecule has 3 N–H and O–H groups in total. The summed E-state index contributed by atoms with van der Waals surface area (Å²) in [5.41, 5.74) is 7.20. The van der Waals surface area contributed by atoms with Crippen molar-refractivity contribution in [2.75, 3.05) is 16.8 Å². The molecule has 0 aliphatic rings. The monoisotopic (exact) mass is 321 g/mol. The smallest absolute Gasteiger partial charge is 0.277 e. The number of nitrogens with two attached hydrogens (primary N) is 1. The minimum Gasteiger partial charge on any atom is -0.416 e. The first-order valence-electron chi connectivity index (χ1n) is 5.99. The molecule has 0 spiro atoms. The summed E-state index contributed by atoms with van der Waals surface area (Å²) in [6, 6.07) is 5.44. The zero-order valence-corrected chi connectivity index (χ0v) is 12.6. The van der Waals surface area contributed by atoms with E-state index in [1.54, 1.807) is 13.0 Å². The van der Waals surface area contributed by atoms with Crippen LogP contribution in [-0.2, 0) is 4.79 Å². The Bertz CT molecular complexity index is 798. The van der Waals surface area contributed by atoms with E-state index in [1.807, 2.05) is 12.1 Å². The van der Waals surface area contributed by atoms with Crippen molar-refractivity contribution in [1.82, 2.24) is 15.2 Å². The second-order valence-corrected chi connectivity index (χ2v) is 6.13. The van der Waals surface area contributed by atoms with E-state index >= 15 is 0 Å². The Morgan fingerprint density at radius 3 is 3.10 bits per heavy atom. The van der Waals surface area contributed by atoms with Crippen molar-refractivity contribution in [2.45, 2.75) is 12.1 Å². The molecule has 0 saturated heterocycles. The Morgan fingerprint density at radius 1 is 1.48 bits per heavy atom. The van der Waals surface area contributed by atoms with Gasteiger partial charge < -0.3 is 15.5 Å². The molecule has 0 aliphatic heterocycles. The average molecular weight is 321 g/mol. The molecule has 3 rings (SSSR count). The maximum Gasteiger partial charge on any atom is 0.277 e. The van der Waals surface area contributed by atoms with Gasteiger partial charge in [0.25, 0.3) is 5.22 Å². The lowest BCUT2D eigenvalue weighted by Gasteiger charge is -1.98. The summed E-state index contributed by atoms with van der Waals surface area (Å²) in [5, 5.41) is 11.2. The number of nitrogens with one attached hydrogen (secondary N) is 1. The van der Waals surface area contributed by atoms with Crippen molar-refractivity contribution < 1.29 is 9.21 Å². The fourth-order valence-corrected chi connectivity index (χ4v) is 3.15. The van der Waals surface area contributed by atoms with Gasteiger partial charge in [0.2, 0.25) is 11.8 Å². The molecule has 1 amide bonds. The molecule has 7 nitrogen and oxygen atoms in total. The molecule has 0 bridgehead atoms. The number of amides is 1. The Kier molecular flexibility index (Phi) is 3.76. The molecule has 0 aliphatic carbocycles. The molecule has 9 heteroatoms. The van der Waals surface area contributed by atoms with Crippen molar-refractivity contribution in [3.05, 3.63) is 24.1 Å². The second-order valence-electron chi connectivity index (χ2n) is 4.17. The van der Waals surface area contributed by atoms with Crippen LogP contribution in [0.5, 0.6) is 0 Å². The van der Waals surface area contributed by atoms with Crippen molar-refractivity contribution in [3.8, 4) is 0 Å². The first-order chi connectivity index (χ1) is 10.1. The third kappa shape index (κ3) is 3.31. The van der Waals surface area contributed by atoms with Gasteiger partial charge in [0.05, 0.1) is 16.0 Å². The molecule has 3 aromatic rings. The van der Waals surface area contributed by atoms with Gasteiger partial charge in [-0.2, -0.15) is 0 Å². The van der Waals surface area contributed by atoms with Gasteiger partial charge in [-0.1, -0.05) is 23.1 Å². The number of nitrogen functional groups attached to an aromatic ring is 1. The second kappa shape index (κ2) is 5.70. The van der Waals surface area contributed by atoms with Crippen LogP contribution in [0.15, 0.2) is 27.8 Å². The zero-order valence-electron chi connectivity index (χ0n) is 11.0. The molecule has 1 aromatic carbocycles. The quantitative estimate of drug-likeness (QED) is 0.561. The molecular weight excluding hydrogens is 310 g/mol. The highest BCUT2D eigenvalue weighted by molar-refractivity contribution is 7.99. The SMILES string of the molecule is Cc1nnc(SCC(=O)Nc2nc3ccc(N)cc3s2)o1. The summed E-state index contributed by atoms with van der Waals surface area (Å²) in [6.45, 7) is 1.70. The highest BCUT2D eigenvalue weighted by atomic mass is 32.2. The van der Waals surface area contributed by atoms with Crippen LogP contribution < -0.4 is 11.1 Å². The highest BCUT2D eigenvalue weighted by Gasteiger charge is 2.11. The van der Waals surface area contributed by atoms with Gasteiger partial charge in [0.1, 0.15) is 0 Å². The van der Waals surface area contributed by atoms with Crippen molar-refractivity contribution in [3.63, 3.8) is 0 Å². The molecule has 0 radical (unpaired) electrons. The molecule has 0 fully saturated rings. The number of aryl methyl sites for hydroxylation is 1. The topological polar surface area (TPSA) is 107 Å². The van der Waals surface area contributed by atoms with Gasteiger partial charge in [-0.15, -0.1) is 10.2 Å². The molecule has 2 heterocycles. The van der Waals surface area contributed by atoms with Gasteiger partial charge in [-0.3, -0.25) is 4.79 Å². The predicted molar refractivity (Wildman–Crippen MR) is 82.4 cm³/mol. The third-order valence-electron chi connectivity index (χ3n) is 2.49. The molecule has 21 heavy (non-hydrogen) atoms. The van der Waals surface area contributed by atoms with Crippen molar-refractivity contribution in [1.29, 1.82) is 0 Å². The van der Waals surface area contributed by atoms with Crippen LogP contribution in [0.3, 0.4) is 0 Å². The van der Waals surface area contributed by atoms with Crippen LogP contribution in [0.1, 0.15) is 5.89 Å². The lowest BCUT2D eigenvalue weighted by molar-refractivity contribution is -0.113. The first kappa shape index (κ1) is 13.8. The largest absolute Gasteiger partial charge is 0.416 e. The first-order valence-corrected chi connectivity index (χ1v) is 7.79. The number of thioether (sulfide) groups is 1. The van der Waals surface area contributed by atoms with E-state index in [1.165, 1.54) is 23.1 Å². The summed E-state index contributed by atoms with van der Waals surface area (Å²) in [4.78, 5) is 16.2. The Balaban J connectivity index is 1.63. The number of anilines is 2. The van der Waals surface area contributed by atoms with Gasteiger partial charge >= 0.3 is 0 Å². The number of carbonyl (C=O) groups excluding carboxylic acids is 1. The lowest BCUT2D eigenvalue weighted by atomic mass is 10.3. The van der Waals surface area contributed by atoms with E-state index < -0.39 is 0 Å². The van der Waals surface area contributed by atoms with E-state index in [4.69, 9.17) is 10.2 Å². The van der Waals surface area contributed by atoms with Crippen LogP contribution in [0, 0.1) is 6.92 Å². The van der Waals surface area contributed by atoms with Crippen LogP contribution in [0.2, 0.25) is 0 Å². The van der Waals surface area contributed by atoms with Gasteiger partial charge in [-0.25, -0.2) is 4.98 Å². The maximum absolute atomic E-state index is 11.9. The van der Waals surface area contributed by atoms with Gasteiger partial charge in [0, 0.05) is 12.6 Å². The summed E-state index contributed by atoms with van der Waals surface area (Å²) in [6.07, 6.45) is 0. The minimum absolute atomic E-state index is 0.178. The number of nitrogens with zero attached hydrogens (tertiary/aromatic N) is 3. The molecular formula is C12H11N5O2S2. The minimum atomic E-state index is -0.178. The summed E-state index contributed by atoms with van der Waals surface area (Å²) in [7, 11) is 0. The van der Waals surface area contributed by atoms with Crippen LogP contribution >= 0.6 is 23.1 Å².